The summed E-state index contributed by atoms with van der Waals surface area (Å²) in [6.07, 6.45) is 3.99. The average Bonchev–Trinajstić information content (AvgIpc) is 3.27. The van der Waals surface area contributed by atoms with Gasteiger partial charge in [-0.05, 0) is 37.1 Å². The van der Waals surface area contributed by atoms with Gasteiger partial charge in [0.15, 0.2) is 11.0 Å². The fraction of sp³-hybridized carbons (Fsp3) is 0.316. The van der Waals surface area contributed by atoms with Crippen LogP contribution in [-0.4, -0.2) is 19.7 Å². The lowest BCUT2D eigenvalue weighted by Crippen LogP contribution is -2.07. The van der Waals surface area contributed by atoms with E-state index >= 15 is 0 Å². The summed E-state index contributed by atoms with van der Waals surface area (Å²) in [6, 6.07) is 7.27. The number of thiazole rings is 1. The maximum absolute atomic E-state index is 5.90. The van der Waals surface area contributed by atoms with E-state index in [1.807, 2.05) is 22.8 Å². The first kappa shape index (κ1) is 19.9. The number of aromatic nitrogens is 4. The summed E-state index contributed by atoms with van der Waals surface area (Å²) in [4.78, 5) is 4.67. The van der Waals surface area contributed by atoms with Gasteiger partial charge in [-0.25, -0.2) is 4.98 Å². The number of aryl methyl sites for hydroxylation is 1. The van der Waals surface area contributed by atoms with Crippen LogP contribution in [0.15, 0.2) is 47.5 Å². The number of hydrogen-bond donors (Lipinski definition) is 0. The molecule has 8 heteroatoms. The molecule has 3 aromatic rings. The van der Waals surface area contributed by atoms with Crippen LogP contribution in [0.1, 0.15) is 29.9 Å². The van der Waals surface area contributed by atoms with E-state index in [0.29, 0.717) is 18.2 Å². The van der Waals surface area contributed by atoms with Crippen LogP contribution in [0.4, 0.5) is 0 Å². The highest BCUT2D eigenvalue weighted by atomic mass is 35.5. The molecule has 27 heavy (non-hydrogen) atoms. The standard InChI is InChI=1S/C19H21ClN4OS2/c1-3-5-18-21-15(12-26-18)13-27-19-23-22-17(24(19)10-4-2)11-25-16-8-6-14(20)7-9-16/h4,6-9,12H,2-3,5,10-11,13H2,1H3. The van der Waals surface area contributed by atoms with Crippen molar-refractivity contribution in [3.8, 4) is 5.75 Å². The summed E-state index contributed by atoms with van der Waals surface area (Å²) in [5.41, 5.74) is 1.08. The summed E-state index contributed by atoms with van der Waals surface area (Å²) in [6.45, 7) is 6.97. The first-order valence-electron chi connectivity index (χ1n) is 8.67. The van der Waals surface area contributed by atoms with Gasteiger partial charge in [-0.1, -0.05) is 36.4 Å². The molecule has 0 amide bonds. The summed E-state index contributed by atoms with van der Waals surface area (Å²) in [5.74, 6) is 2.28. The third-order valence-corrected chi connectivity index (χ3v) is 5.91. The molecule has 0 aliphatic rings. The van der Waals surface area contributed by atoms with Crippen molar-refractivity contribution in [1.82, 2.24) is 19.7 Å². The third kappa shape index (κ3) is 5.57. The van der Waals surface area contributed by atoms with E-state index in [-0.39, 0.29) is 0 Å². The Kier molecular flexibility index (Phi) is 7.32. The Morgan fingerprint density at radius 3 is 2.85 bits per heavy atom. The Balaban J connectivity index is 1.64. The van der Waals surface area contributed by atoms with Crippen molar-refractivity contribution in [2.45, 2.75) is 43.8 Å². The van der Waals surface area contributed by atoms with Crippen LogP contribution in [0, 0.1) is 0 Å². The highest BCUT2D eigenvalue weighted by molar-refractivity contribution is 7.98. The minimum atomic E-state index is 0.334. The van der Waals surface area contributed by atoms with Gasteiger partial charge in [-0.2, -0.15) is 0 Å². The molecule has 5 nitrogen and oxygen atoms in total. The Morgan fingerprint density at radius 2 is 2.11 bits per heavy atom. The fourth-order valence-electron chi connectivity index (χ4n) is 2.41. The van der Waals surface area contributed by atoms with Crippen molar-refractivity contribution in [2.75, 3.05) is 0 Å². The van der Waals surface area contributed by atoms with Crippen LogP contribution < -0.4 is 4.74 Å². The summed E-state index contributed by atoms with van der Waals surface area (Å²) in [5, 5.41) is 13.4. The Hall–Kier alpha value is -1.83. The average molecular weight is 421 g/mol. The van der Waals surface area contributed by atoms with Crippen molar-refractivity contribution >= 4 is 34.7 Å². The van der Waals surface area contributed by atoms with E-state index in [2.05, 4.69) is 34.1 Å². The second kappa shape index (κ2) is 9.92. The van der Waals surface area contributed by atoms with Gasteiger partial charge in [0.05, 0.1) is 10.7 Å². The van der Waals surface area contributed by atoms with Gasteiger partial charge in [0.2, 0.25) is 0 Å². The van der Waals surface area contributed by atoms with Crippen molar-refractivity contribution in [1.29, 1.82) is 0 Å². The number of thioether (sulfide) groups is 1. The molecule has 1 aromatic carbocycles. The molecular weight excluding hydrogens is 400 g/mol. The quantitative estimate of drug-likeness (QED) is 0.324. The summed E-state index contributed by atoms with van der Waals surface area (Å²) in [7, 11) is 0. The SMILES string of the molecule is C=CCn1c(COc2ccc(Cl)cc2)nnc1SCc1csc(CCC)n1. The predicted molar refractivity (Wildman–Crippen MR) is 112 cm³/mol. The zero-order valence-corrected chi connectivity index (χ0v) is 17.5. The molecule has 142 valence electrons. The topological polar surface area (TPSA) is 52.8 Å². The van der Waals surface area contributed by atoms with Gasteiger partial charge in [-0.15, -0.1) is 28.1 Å². The smallest absolute Gasteiger partial charge is 0.191 e. The van der Waals surface area contributed by atoms with Gasteiger partial charge in [0, 0.05) is 22.7 Å². The Morgan fingerprint density at radius 1 is 1.30 bits per heavy atom. The monoisotopic (exact) mass is 420 g/mol. The highest BCUT2D eigenvalue weighted by Gasteiger charge is 2.13. The van der Waals surface area contributed by atoms with Crippen LogP contribution in [-0.2, 0) is 25.3 Å². The first-order valence-corrected chi connectivity index (χ1v) is 10.9. The van der Waals surface area contributed by atoms with Crippen molar-refractivity contribution < 1.29 is 4.74 Å². The fourth-order valence-corrected chi connectivity index (χ4v) is 4.40. The van der Waals surface area contributed by atoms with Crippen molar-refractivity contribution in [3.63, 3.8) is 0 Å². The molecule has 0 spiro atoms. The zero-order valence-electron chi connectivity index (χ0n) is 15.1. The number of allylic oxidation sites excluding steroid dienone is 1. The number of halogens is 1. The molecule has 0 bridgehead atoms. The van der Waals surface area contributed by atoms with E-state index in [1.165, 1.54) is 5.01 Å². The molecular formula is C19H21ClN4OS2. The van der Waals surface area contributed by atoms with Gasteiger partial charge in [0.1, 0.15) is 12.4 Å². The van der Waals surface area contributed by atoms with Crippen LogP contribution in [0.5, 0.6) is 5.75 Å². The molecule has 3 rings (SSSR count). The number of ether oxygens (including phenoxy) is 1. The second-order valence-corrected chi connectivity index (χ2v) is 8.13. The van der Waals surface area contributed by atoms with Crippen LogP contribution in [0.2, 0.25) is 5.02 Å². The van der Waals surface area contributed by atoms with E-state index < -0.39 is 0 Å². The van der Waals surface area contributed by atoms with Crippen molar-refractivity contribution in [2.24, 2.45) is 0 Å². The molecule has 2 aromatic heterocycles. The van der Waals surface area contributed by atoms with Crippen LogP contribution >= 0.6 is 34.7 Å². The van der Waals surface area contributed by atoms with Gasteiger partial charge in [-0.3, -0.25) is 4.57 Å². The predicted octanol–water partition coefficient (Wildman–Crippen LogP) is 5.40. The number of benzene rings is 1. The second-order valence-electron chi connectivity index (χ2n) is 5.81. The normalized spacial score (nSPS) is 10.9. The maximum atomic E-state index is 5.90. The molecule has 0 saturated carbocycles. The van der Waals surface area contributed by atoms with Crippen LogP contribution in [0.3, 0.4) is 0 Å². The lowest BCUT2D eigenvalue weighted by atomic mass is 10.3. The Bertz CT molecular complexity index is 876. The lowest BCUT2D eigenvalue weighted by molar-refractivity contribution is 0.289. The van der Waals surface area contributed by atoms with Crippen LogP contribution in [0.25, 0.3) is 0 Å². The molecule has 0 radical (unpaired) electrons. The largest absolute Gasteiger partial charge is 0.486 e. The Labute approximate surface area is 172 Å². The third-order valence-electron chi connectivity index (χ3n) is 3.70. The van der Waals surface area contributed by atoms with Gasteiger partial charge >= 0.3 is 0 Å². The number of hydrogen-bond acceptors (Lipinski definition) is 6. The lowest BCUT2D eigenvalue weighted by Gasteiger charge is -2.09. The van der Waals surface area contributed by atoms with Gasteiger partial charge in [0.25, 0.3) is 0 Å². The minimum Gasteiger partial charge on any atom is -0.486 e. The summed E-state index contributed by atoms with van der Waals surface area (Å²) < 4.78 is 7.82. The van der Waals surface area contributed by atoms with E-state index in [4.69, 9.17) is 16.3 Å². The molecule has 0 unspecified atom stereocenters. The van der Waals surface area contributed by atoms with E-state index in [1.54, 1.807) is 35.2 Å². The minimum absolute atomic E-state index is 0.334. The van der Waals surface area contributed by atoms with Crippen molar-refractivity contribution in [3.05, 3.63) is 63.8 Å². The van der Waals surface area contributed by atoms with Gasteiger partial charge < -0.3 is 4.74 Å². The highest BCUT2D eigenvalue weighted by Crippen LogP contribution is 2.24. The molecule has 0 aliphatic carbocycles. The zero-order chi connectivity index (χ0) is 19.1. The maximum Gasteiger partial charge on any atom is 0.191 e. The number of rotatable bonds is 10. The molecule has 2 heterocycles. The molecule has 0 N–H and O–H groups in total. The number of nitrogens with zero attached hydrogens (tertiary/aromatic N) is 4. The molecule has 0 aliphatic heterocycles. The first-order chi connectivity index (χ1) is 13.2. The van der Waals surface area contributed by atoms with E-state index in [0.717, 1.165) is 41.0 Å². The van der Waals surface area contributed by atoms with E-state index in [9.17, 15) is 0 Å². The molecule has 0 fully saturated rings. The summed E-state index contributed by atoms with van der Waals surface area (Å²) >= 11 is 9.25. The molecule has 0 atom stereocenters. The molecule has 0 saturated heterocycles.